The number of likely N-dealkylation sites (tertiary alicyclic amines) is 1. The molecule has 1 saturated heterocycles. The van der Waals surface area contributed by atoms with Crippen LogP contribution in [0.5, 0.6) is 0 Å². The van der Waals surface area contributed by atoms with E-state index in [-0.39, 0.29) is 24.4 Å². The summed E-state index contributed by atoms with van der Waals surface area (Å²) in [4.78, 5) is 25.4. The Morgan fingerprint density at radius 2 is 2.17 bits per heavy atom. The number of halogens is 2. The van der Waals surface area contributed by atoms with Crippen LogP contribution in [0.2, 0.25) is 0 Å². The number of carbonyl (C=O) groups is 2. The van der Waals surface area contributed by atoms with E-state index in [0.717, 1.165) is 24.5 Å². The average molecular weight is 502 g/mol. The molecule has 1 aromatic carbocycles. The highest BCUT2D eigenvalue weighted by Gasteiger charge is 2.30. The number of rotatable bonds is 4. The van der Waals surface area contributed by atoms with Crippen molar-refractivity contribution in [3.63, 3.8) is 0 Å². The first-order chi connectivity index (χ1) is 11.4. The molecular weight excluding hydrogens is 485 g/mol. The van der Waals surface area contributed by atoms with Gasteiger partial charge in [0.15, 0.2) is 0 Å². The summed E-state index contributed by atoms with van der Waals surface area (Å²) < 4.78 is 4.15. The number of amides is 2. The molecule has 0 unspecified atom stereocenters. The quantitative estimate of drug-likeness (QED) is 0.517. The Morgan fingerprint density at radius 3 is 2.83 bits per heavy atom. The molecule has 0 spiro atoms. The summed E-state index contributed by atoms with van der Waals surface area (Å²) in [6.07, 6.45) is 3.29. The predicted molar refractivity (Wildman–Crippen MR) is 106 cm³/mol. The van der Waals surface area contributed by atoms with Gasteiger partial charge in [0, 0.05) is 38.2 Å². The zero-order chi connectivity index (χ0) is 17.4. The SMILES string of the molecule is C=CC(=O)N1CC(NC(=O)Cn2cc(I)c3cc(Br)c(C)cc32)C1. The molecule has 5 nitrogen and oxygen atoms in total. The Labute approximate surface area is 162 Å². The number of benzene rings is 1. The number of carbonyl (C=O) groups excluding carboxylic acids is 2. The van der Waals surface area contributed by atoms with Crippen LogP contribution in [0.3, 0.4) is 0 Å². The smallest absolute Gasteiger partial charge is 0.246 e. The summed E-state index contributed by atoms with van der Waals surface area (Å²) in [6.45, 7) is 6.87. The van der Waals surface area contributed by atoms with Gasteiger partial charge in [0.1, 0.15) is 6.54 Å². The van der Waals surface area contributed by atoms with Gasteiger partial charge in [-0.05, 0) is 53.3 Å². The Hall–Kier alpha value is -1.35. The fourth-order valence-electron chi connectivity index (χ4n) is 2.81. The fraction of sp³-hybridized carbons (Fsp3) is 0.294. The summed E-state index contributed by atoms with van der Waals surface area (Å²) in [5, 5.41) is 4.11. The first-order valence-corrected chi connectivity index (χ1v) is 9.41. The molecule has 1 aliphatic rings. The van der Waals surface area contributed by atoms with Crippen LogP contribution in [0.25, 0.3) is 10.9 Å². The van der Waals surface area contributed by atoms with Crippen LogP contribution in [-0.4, -0.2) is 40.4 Å². The van der Waals surface area contributed by atoms with Gasteiger partial charge in [-0.15, -0.1) is 0 Å². The van der Waals surface area contributed by atoms with E-state index in [1.807, 2.05) is 17.7 Å². The number of aryl methyl sites for hydroxylation is 1. The van der Waals surface area contributed by atoms with Crippen LogP contribution >= 0.6 is 38.5 Å². The fourth-order valence-corrected chi connectivity index (χ4v) is 3.92. The molecule has 0 bridgehead atoms. The number of fused-ring (bicyclic) bond motifs is 1. The van der Waals surface area contributed by atoms with Crippen LogP contribution in [0, 0.1) is 10.5 Å². The lowest BCUT2D eigenvalue weighted by Gasteiger charge is -2.38. The first-order valence-electron chi connectivity index (χ1n) is 7.54. The first kappa shape index (κ1) is 17.5. The molecule has 1 aromatic heterocycles. The third kappa shape index (κ3) is 3.37. The molecule has 0 atom stereocenters. The summed E-state index contributed by atoms with van der Waals surface area (Å²) in [7, 11) is 0. The van der Waals surface area contributed by atoms with Crippen molar-refractivity contribution in [1.82, 2.24) is 14.8 Å². The maximum Gasteiger partial charge on any atom is 0.246 e. The van der Waals surface area contributed by atoms with Gasteiger partial charge in [0.25, 0.3) is 0 Å². The Morgan fingerprint density at radius 1 is 1.46 bits per heavy atom. The molecule has 0 radical (unpaired) electrons. The second kappa shape index (κ2) is 6.87. The zero-order valence-electron chi connectivity index (χ0n) is 13.2. The van der Waals surface area contributed by atoms with Crippen LogP contribution in [0.1, 0.15) is 5.56 Å². The van der Waals surface area contributed by atoms with E-state index in [4.69, 9.17) is 0 Å². The lowest BCUT2D eigenvalue weighted by atomic mass is 10.1. The maximum atomic E-state index is 12.3. The van der Waals surface area contributed by atoms with Gasteiger partial charge in [-0.1, -0.05) is 22.5 Å². The van der Waals surface area contributed by atoms with E-state index >= 15 is 0 Å². The van der Waals surface area contributed by atoms with Gasteiger partial charge < -0.3 is 14.8 Å². The zero-order valence-corrected chi connectivity index (χ0v) is 16.9. The molecule has 3 rings (SSSR count). The van der Waals surface area contributed by atoms with Crippen LogP contribution in [0.15, 0.2) is 35.5 Å². The van der Waals surface area contributed by atoms with Gasteiger partial charge in [-0.3, -0.25) is 9.59 Å². The molecule has 2 amide bonds. The van der Waals surface area contributed by atoms with E-state index in [2.05, 4.69) is 62.5 Å². The third-order valence-electron chi connectivity index (χ3n) is 4.16. The number of aromatic nitrogens is 1. The summed E-state index contributed by atoms with van der Waals surface area (Å²) >= 11 is 5.84. The molecule has 24 heavy (non-hydrogen) atoms. The molecule has 1 fully saturated rings. The predicted octanol–water partition coefficient (Wildman–Crippen LogP) is 2.83. The molecule has 2 heterocycles. The third-order valence-corrected chi connectivity index (χ3v) is 5.87. The Balaban J connectivity index is 1.67. The molecule has 0 aliphatic carbocycles. The van der Waals surface area contributed by atoms with Crippen molar-refractivity contribution in [3.8, 4) is 0 Å². The van der Waals surface area contributed by atoms with Gasteiger partial charge in [0.05, 0.1) is 6.04 Å². The highest BCUT2D eigenvalue weighted by Crippen LogP contribution is 2.29. The van der Waals surface area contributed by atoms with E-state index in [1.165, 1.54) is 6.08 Å². The van der Waals surface area contributed by atoms with Crippen LogP contribution < -0.4 is 5.32 Å². The van der Waals surface area contributed by atoms with Crippen molar-refractivity contribution < 1.29 is 9.59 Å². The molecule has 1 aliphatic heterocycles. The van der Waals surface area contributed by atoms with Crippen molar-refractivity contribution in [3.05, 3.63) is 44.6 Å². The number of nitrogens with zero attached hydrogens (tertiary/aromatic N) is 2. The van der Waals surface area contributed by atoms with Crippen molar-refractivity contribution >= 4 is 61.2 Å². The number of nitrogens with one attached hydrogen (secondary N) is 1. The van der Waals surface area contributed by atoms with E-state index in [0.29, 0.717) is 13.1 Å². The Kier molecular flexibility index (Phi) is 5.00. The van der Waals surface area contributed by atoms with E-state index in [1.54, 1.807) is 4.90 Å². The lowest BCUT2D eigenvalue weighted by molar-refractivity contribution is -0.133. The van der Waals surface area contributed by atoms with Crippen molar-refractivity contribution in [2.24, 2.45) is 0 Å². The standard InChI is InChI=1S/C17H17BrIN3O2/c1-3-17(24)22-6-11(7-22)20-16(23)9-21-8-14(19)12-5-13(18)10(2)4-15(12)21/h3-5,8,11H,1,6-7,9H2,2H3,(H,20,23). The Bertz CT molecular complexity index is 840. The molecule has 1 N–H and O–H groups in total. The topological polar surface area (TPSA) is 54.3 Å². The minimum Gasteiger partial charge on any atom is -0.348 e. The molecular formula is C17H17BrIN3O2. The monoisotopic (exact) mass is 501 g/mol. The number of hydrogen-bond donors (Lipinski definition) is 1. The molecule has 2 aromatic rings. The summed E-state index contributed by atoms with van der Waals surface area (Å²) in [5.41, 5.74) is 2.18. The summed E-state index contributed by atoms with van der Waals surface area (Å²) in [5.74, 6) is -0.132. The van der Waals surface area contributed by atoms with Gasteiger partial charge in [0.2, 0.25) is 11.8 Å². The van der Waals surface area contributed by atoms with Crippen molar-refractivity contribution in [2.75, 3.05) is 13.1 Å². The largest absolute Gasteiger partial charge is 0.348 e. The minimum absolute atomic E-state index is 0.0261. The van der Waals surface area contributed by atoms with Gasteiger partial charge in [-0.25, -0.2) is 0 Å². The van der Waals surface area contributed by atoms with Gasteiger partial charge >= 0.3 is 0 Å². The highest BCUT2D eigenvalue weighted by atomic mass is 127. The number of hydrogen-bond acceptors (Lipinski definition) is 2. The second-order valence-electron chi connectivity index (χ2n) is 5.94. The van der Waals surface area contributed by atoms with Crippen molar-refractivity contribution in [2.45, 2.75) is 19.5 Å². The van der Waals surface area contributed by atoms with Crippen LogP contribution in [-0.2, 0) is 16.1 Å². The highest BCUT2D eigenvalue weighted by molar-refractivity contribution is 14.1. The average Bonchev–Trinajstić information content (AvgIpc) is 2.78. The van der Waals surface area contributed by atoms with E-state index in [9.17, 15) is 9.59 Å². The second-order valence-corrected chi connectivity index (χ2v) is 7.95. The van der Waals surface area contributed by atoms with Crippen LogP contribution in [0.4, 0.5) is 0 Å². The molecule has 7 heteroatoms. The van der Waals surface area contributed by atoms with Crippen molar-refractivity contribution in [1.29, 1.82) is 0 Å². The maximum absolute atomic E-state index is 12.3. The molecule has 126 valence electrons. The minimum atomic E-state index is -0.0903. The normalized spacial score (nSPS) is 14.5. The summed E-state index contributed by atoms with van der Waals surface area (Å²) in [6, 6.07) is 4.20. The lowest BCUT2D eigenvalue weighted by Crippen LogP contribution is -2.61. The molecule has 0 saturated carbocycles. The van der Waals surface area contributed by atoms with E-state index < -0.39 is 0 Å². The van der Waals surface area contributed by atoms with Gasteiger partial charge in [-0.2, -0.15) is 0 Å².